The number of nitrogens with one attached hydrogen (secondary N) is 1. The zero-order valence-electron chi connectivity index (χ0n) is 22.6. The van der Waals surface area contributed by atoms with Gasteiger partial charge < -0.3 is 9.84 Å². The lowest BCUT2D eigenvalue weighted by Crippen LogP contribution is -2.59. The SMILES string of the molecule is CC(C)(C)OC(=O)N1CCN(CC2CC(c3cccc4c(N5CCC(=O)NC5=O)cncc34)C2)C[C@H]1C(=O)O. The van der Waals surface area contributed by atoms with E-state index in [-0.39, 0.29) is 18.9 Å². The molecule has 1 aliphatic carbocycles. The summed E-state index contributed by atoms with van der Waals surface area (Å²) in [5, 5.41) is 14.1. The van der Waals surface area contributed by atoms with Crippen LogP contribution in [0.2, 0.25) is 0 Å². The number of rotatable bonds is 5. The van der Waals surface area contributed by atoms with Crippen LogP contribution < -0.4 is 10.2 Å². The molecule has 4 amide bonds. The van der Waals surface area contributed by atoms with Gasteiger partial charge in [0.05, 0.1) is 11.9 Å². The third kappa shape index (κ3) is 5.68. The van der Waals surface area contributed by atoms with Crippen LogP contribution in [0.3, 0.4) is 0 Å². The number of piperazine rings is 1. The summed E-state index contributed by atoms with van der Waals surface area (Å²) >= 11 is 0. The Balaban J connectivity index is 1.23. The van der Waals surface area contributed by atoms with Crippen LogP contribution in [0.25, 0.3) is 10.8 Å². The van der Waals surface area contributed by atoms with Crippen molar-refractivity contribution < 1.29 is 29.0 Å². The number of benzene rings is 1. The van der Waals surface area contributed by atoms with Crippen LogP contribution in [0, 0.1) is 5.92 Å². The highest BCUT2D eigenvalue weighted by Gasteiger charge is 2.40. The van der Waals surface area contributed by atoms with Gasteiger partial charge in [-0.1, -0.05) is 18.2 Å². The number of carboxylic acids is 1. The smallest absolute Gasteiger partial charge is 0.411 e. The summed E-state index contributed by atoms with van der Waals surface area (Å²) in [5.74, 6) is -0.539. The molecule has 1 atom stereocenters. The average Bonchev–Trinajstić information content (AvgIpc) is 2.84. The van der Waals surface area contributed by atoms with Crippen molar-refractivity contribution in [3.8, 4) is 0 Å². The van der Waals surface area contributed by atoms with Gasteiger partial charge >= 0.3 is 18.1 Å². The highest BCUT2D eigenvalue weighted by atomic mass is 16.6. The number of fused-ring (bicyclic) bond motifs is 1. The first-order chi connectivity index (χ1) is 18.5. The normalized spacial score (nSPS) is 24.3. The van der Waals surface area contributed by atoms with Crippen molar-refractivity contribution in [3.63, 3.8) is 0 Å². The fraction of sp³-hybridized carbons (Fsp3) is 0.536. The Morgan fingerprint density at radius 1 is 1.10 bits per heavy atom. The summed E-state index contributed by atoms with van der Waals surface area (Å²) in [6, 6.07) is 4.71. The van der Waals surface area contributed by atoms with Crippen molar-refractivity contribution in [2.75, 3.05) is 37.6 Å². The number of aromatic nitrogens is 1. The van der Waals surface area contributed by atoms with Crippen molar-refractivity contribution in [3.05, 3.63) is 36.2 Å². The van der Waals surface area contributed by atoms with Gasteiger partial charge in [-0.3, -0.25) is 29.8 Å². The second kappa shape index (κ2) is 10.4. The largest absolute Gasteiger partial charge is 0.480 e. The summed E-state index contributed by atoms with van der Waals surface area (Å²) in [4.78, 5) is 58.0. The number of nitrogens with zero attached hydrogens (tertiary/aromatic N) is 4. The van der Waals surface area contributed by atoms with Gasteiger partial charge in [-0.05, 0) is 51.0 Å². The molecular weight excluding hydrogens is 502 g/mol. The lowest BCUT2D eigenvalue weighted by atomic mass is 9.70. The number of anilines is 1. The van der Waals surface area contributed by atoms with E-state index in [1.807, 2.05) is 18.3 Å². The number of ether oxygens (including phenoxy) is 1. The second-order valence-corrected chi connectivity index (χ2v) is 11.7. The zero-order valence-corrected chi connectivity index (χ0v) is 22.6. The van der Waals surface area contributed by atoms with E-state index >= 15 is 0 Å². The van der Waals surface area contributed by atoms with Crippen LogP contribution in [-0.4, -0.2) is 88.3 Å². The molecule has 3 fully saturated rings. The lowest BCUT2D eigenvalue weighted by Gasteiger charge is -2.44. The molecular formula is C28H35N5O6. The Morgan fingerprint density at radius 2 is 1.87 bits per heavy atom. The average molecular weight is 538 g/mol. The number of hydrogen-bond acceptors (Lipinski definition) is 7. The molecule has 1 saturated carbocycles. The number of hydrogen-bond donors (Lipinski definition) is 2. The maximum atomic E-state index is 12.6. The van der Waals surface area contributed by atoms with E-state index in [1.54, 1.807) is 31.9 Å². The molecule has 5 rings (SSSR count). The number of carbonyl (C=O) groups excluding carboxylic acids is 3. The van der Waals surface area contributed by atoms with Gasteiger partial charge in [0.25, 0.3) is 0 Å². The Hall–Kier alpha value is -3.73. The van der Waals surface area contributed by atoms with E-state index in [2.05, 4.69) is 21.3 Å². The van der Waals surface area contributed by atoms with Gasteiger partial charge in [0.1, 0.15) is 11.6 Å². The maximum absolute atomic E-state index is 12.6. The molecule has 39 heavy (non-hydrogen) atoms. The molecule has 1 aromatic heterocycles. The van der Waals surface area contributed by atoms with Crippen molar-refractivity contribution >= 4 is 40.5 Å². The minimum Gasteiger partial charge on any atom is -0.480 e. The van der Waals surface area contributed by atoms with Crippen molar-refractivity contribution in [1.29, 1.82) is 0 Å². The van der Waals surface area contributed by atoms with E-state index in [9.17, 15) is 24.3 Å². The first-order valence-corrected chi connectivity index (χ1v) is 13.4. The number of carboxylic acid groups (broad SMARTS) is 1. The van der Waals surface area contributed by atoms with Crippen LogP contribution in [-0.2, 0) is 14.3 Å². The first kappa shape index (κ1) is 26.9. The summed E-state index contributed by atoms with van der Waals surface area (Å²) < 4.78 is 5.42. The summed E-state index contributed by atoms with van der Waals surface area (Å²) in [6.07, 6.45) is 5.10. The summed E-state index contributed by atoms with van der Waals surface area (Å²) in [6.45, 7) is 7.59. The number of carbonyl (C=O) groups is 4. The van der Waals surface area contributed by atoms with Crippen LogP contribution in [0.4, 0.5) is 15.3 Å². The minimum absolute atomic E-state index is 0.251. The van der Waals surface area contributed by atoms with Gasteiger partial charge in [-0.2, -0.15) is 0 Å². The quantitative estimate of drug-likeness (QED) is 0.594. The van der Waals surface area contributed by atoms with Gasteiger partial charge in [0.2, 0.25) is 5.91 Å². The highest BCUT2D eigenvalue weighted by molar-refractivity contribution is 6.10. The Kier molecular flexibility index (Phi) is 7.19. The van der Waals surface area contributed by atoms with Gasteiger partial charge in [-0.15, -0.1) is 0 Å². The van der Waals surface area contributed by atoms with Crippen molar-refractivity contribution in [1.82, 2.24) is 20.1 Å². The van der Waals surface area contributed by atoms with E-state index in [1.165, 1.54) is 10.5 Å². The van der Waals surface area contributed by atoms with Crippen LogP contribution in [0.15, 0.2) is 30.6 Å². The standard InChI is InChI=1S/C28H35N5O6/c1-28(2,3)39-27(38)33-10-9-31(16-23(33)25(35)36)15-17-11-18(12-17)19-5-4-6-20-21(19)13-29-14-22(20)32-8-7-24(34)30-26(32)37/h4-6,13-14,17-18,23H,7-12,15-16H2,1-3H3,(H,35,36)(H,30,34,37)/t17?,18?,23-/m0/s1. The molecule has 2 N–H and O–H groups in total. The summed E-state index contributed by atoms with van der Waals surface area (Å²) in [7, 11) is 0. The zero-order chi connectivity index (χ0) is 27.9. The minimum atomic E-state index is -1.03. The van der Waals surface area contributed by atoms with Crippen molar-refractivity contribution in [2.45, 2.75) is 57.6 Å². The molecule has 1 aromatic carbocycles. The van der Waals surface area contributed by atoms with Gasteiger partial charge in [0, 0.05) is 56.1 Å². The third-order valence-corrected chi connectivity index (χ3v) is 7.73. The molecule has 0 bridgehead atoms. The molecule has 0 spiro atoms. The highest BCUT2D eigenvalue weighted by Crippen LogP contribution is 2.45. The fourth-order valence-corrected chi connectivity index (χ4v) is 5.83. The Labute approximate surface area is 227 Å². The number of aliphatic carboxylic acids is 1. The predicted octanol–water partition coefficient (Wildman–Crippen LogP) is 3.18. The monoisotopic (exact) mass is 537 g/mol. The van der Waals surface area contributed by atoms with E-state index < -0.39 is 29.7 Å². The fourth-order valence-electron chi connectivity index (χ4n) is 5.83. The Bertz CT molecular complexity index is 1300. The topological polar surface area (TPSA) is 132 Å². The molecule has 0 radical (unpaired) electrons. The number of imide groups is 1. The van der Waals surface area contributed by atoms with Crippen molar-refractivity contribution in [2.24, 2.45) is 5.92 Å². The molecule has 2 saturated heterocycles. The lowest BCUT2D eigenvalue weighted by molar-refractivity contribution is -0.145. The number of urea groups is 1. The number of amides is 4. The number of pyridine rings is 1. The van der Waals surface area contributed by atoms with E-state index in [0.717, 1.165) is 30.2 Å². The molecule has 11 heteroatoms. The van der Waals surface area contributed by atoms with Crippen LogP contribution in [0.1, 0.15) is 51.5 Å². The second-order valence-electron chi connectivity index (χ2n) is 11.7. The van der Waals surface area contributed by atoms with E-state index in [0.29, 0.717) is 37.2 Å². The van der Waals surface area contributed by atoms with E-state index in [4.69, 9.17) is 4.74 Å². The maximum Gasteiger partial charge on any atom is 0.411 e. The van der Waals surface area contributed by atoms with Crippen LogP contribution >= 0.6 is 0 Å². The molecule has 3 heterocycles. The third-order valence-electron chi connectivity index (χ3n) is 7.73. The molecule has 11 nitrogen and oxygen atoms in total. The molecule has 208 valence electrons. The van der Waals surface area contributed by atoms with Crippen LogP contribution in [0.5, 0.6) is 0 Å². The molecule has 2 aliphatic heterocycles. The summed E-state index contributed by atoms with van der Waals surface area (Å²) in [5.41, 5.74) is 1.19. The first-order valence-electron chi connectivity index (χ1n) is 13.4. The molecule has 0 unspecified atom stereocenters. The molecule has 2 aromatic rings. The Morgan fingerprint density at radius 3 is 2.56 bits per heavy atom. The predicted molar refractivity (Wildman–Crippen MR) is 144 cm³/mol. The molecule has 3 aliphatic rings. The van der Waals surface area contributed by atoms with Gasteiger partial charge in [0.15, 0.2) is 0 Å². The van der Waals surface area contributed by atoms with Gasteiger partial charge in [-0.25, -0.2) is 14.4 Å².